The molecule has 0 saturated carbocycles. The maximum Gasteiger partial charge on any atom is 0.231 e. The number of para-hydroxylation sites is 1. The lowest BCUT2D eigenvalue weighted by Gasteiger charge is -2.04. The van der Waals surface area contributed by atoms with Crippen LogP contribution in [0.2, 0.25) is 0 Å². The Bertz CT molecular complexity index is 299. The Labute approximate surface area is 80.0 Å². The maximum absolute atomic E-state index is 5.72. The van der Waals surface area contributed by atoms with Crippen LogP contribution in [0, 0.1) is 0 Å². The van der Waals surface area contributed by atoms with Crippen molar-refractivity contribution in [3.05, 3.63) is 23.8 Å². The number of fused-ring (bicyclic) bond motifs is 1. The highest BCUT2D eigenvalue weighted by Crippen LogP contribution is 2.41. The fourth-order valence-corrected chi connectivity index (χ4v) is 1.47. The molecule has 0 spiro atoms. The third-order valence-electron chi connectivity index (χ3n) is 1.66. The van der Waals surface area contributed by atoms with Gasteiger partial charge in [-0.25, -0.2) is 0 Å². The Morgan fingerprint density at radius 3 is 2.83 bits per heavy atom. The summed E-state index contributed by atoms with van der Waals surface area (Å²) >= 11 is 11.4. The second kappa shape index (κ2) is 3.04. The maximum atomic E-state index is 5.72. The van der Waals surface area contributed by atoms with Crippen LogP contribution in [0.5, 0.6) is 11.5 Å². The lowest BCUT2D eigenvalue weighted by atomic mass is 10.2. The number of halogens is 2. The number of benzene rings is 1. The van der Waals surface area contributed by atoms with Crippen LogP contribution in [0.25, 0.3) is 0 Å². The van der Waals surface area contributed by atoms with E-state index in [-0.39, 0.29) is 6.79 Å². The topological polar surface area (TPSA) is 18.5 Å². The van der Waals surface area contributed by atoms with Crippen molar-refractivity contribution in [1.82, 2.24) is 0 Å². The minimum Gasteiger partial charge on any atom is -0.454 e. The summed E-state index contributed by atoms with van der Waals surface area (Å²) in [5, 5.41) is 0. The molecule has 0 unspecified atom stereocenters. The van der Waals surface area contributed by atoms with Gasteiger partial charge in [0.15, 0.2) is 11.5 Å². The summed E-state index contributed by atoms with van der Waals surface area (Å²) in [4.78, 5) is -0.568. The molecule has 1 aliphatic heterocycles. The molecule has 2 rings (SSSR count). The van der Waals surface area contributed by atoms with Crippen molar-refractivity contribution in [3.8, 4) is 11.5 Å². The van der Waals surface area contributed by atoms with Crippen LogP contribution in [0.15, 0.2) is 18.2 Å². The molecule has 0 aliphatic carbocycles. The van der Waals surface area contributed by atoms with Crippen LogP contribution in [0.3, 0.4) is 0 Å². The lowest BCUT2D eigenvalue weighted by Crippen LogP contribution is -1.94. The molecule has 0 N–H and O–H groups in total. The molecular weight excluding hydrogens is 199 g/mol. The number of rotatable bonds is 1. The minimum absolute atomic E-state index is 0.243. The fraction of sp³-hybridized carbons (Fsp3) is 0.250. The first-order valence-electron chi connectivity index (χ1n) is 3.45. The molecule has 0 bridgehead atoms. The smallest absolute Gasteiger partial charge is 0.231 e. The van der Waals surface area contributed by atoms with Crippen molar-refractivity contribution >= 4 is 23.2 Å². The quantitative estimate of drug-likeness (QED) is 0.656. The van der Waals surface area contributed by atoms with Crippen LogP contribution >= 0.6 is 23.2 Å². The molecule has 0 radical (unpaired) electrons. The number of hydrogen-bond acceptors (Lipinski definition) is 2. The second-order valence-electron chi connectivity index (χ2n) is 2.38. The van der Waals surface area contributed by atoms with Crippen molar-refractivity contribution in [1.29, 1.82) is 0 Å². The number of alkyl halides is 2. The number of hydrogen-bond donors (Lipinski definition) is 0. The van der Waals surface area contributed by atoms with Crippen LogP contribution in [0.4, 0.5) is 0 Å². The van der Waals surface area contributed by atoms with Crippen LogP contribution in [-0.4, -0.2) is 6.79 Å². The Morgan fingerprint density at radius 2 is 2.08 bits per heavy atom. The molecule has 0 saturated heterocycles. The van der Waals surface area contributed by atoms with Gasteiger partial charge in [0.05, 0.1) is 0 Å². The van der Waals surface area contributed by atoms with Crippen molar-refractivity contribution < 1.29 is 9.47 Å². The van der Waals surface area contributed by atoms with Gasteiger partial charge in [-0.2, -0.15) is 0 Å². The van der Waals surface area contributed by atoms with Crippen molar-refractivity contribution in [2.45, 2.75) is 4.84 Å². The lowest BCUT2D eigenvalue weighted by molar-refractivity contribution is 0.173. The summed E-state index contributed by atoms with van der Waals surface area (Å²) in [6, 6.07) is 5.47. The van der Waals surface area contributed by atoms with E-state index in [4.69, 9.17) is 32.7 Å². The van der Waals surface area contributed by atoms with E-state index in [2.05, 4.69) is 0 Å². The summed E-state index contributed by atoms with van der Waals surface area (Å²) in [7, 11) is 0. The molecule has 0 atom stereocenters. The molecule has 2 nitrogen and oxygen atoms in total. The van der Waals surface area contributed by atoms with E-state index < -0.39 is 4.84 Å². The highest BCUT2D eigenvalue weighted by atomic mass is 35.5. The second-order valence-corrected chi connectivity index (χ2v) is 3.48. The van der Waals surface area contributed by atoms with Gasteiger partial charge in [-0.05, 0) is 6.07 Å². The first-order chi connectivity index (χ1) is 5.79. The first kappa shape index (κ1) is 8.02. The molecule has 1 aliphatic rings. The normalized spacial score (nSPS) is 13.9. The SMILES string of the molecule is ClC(Cl)c1cccc2c1OCO2. The predicted molar refractivity (Wildman–Crippen MR) is 47.0 cm³/mol. The van der Waals surface area contributed by atoms with Crippen molar-refractivity contribution in [3.63, 3.8) is 0 Å². The van der Waals surface area contributed by atoms with Gasteiger partial charge < -0.3 is 9.47 Å². The van der Waals surface area contributed by atoms with E-state index in [1.807, 2.05) is 18.2 Å². The molecule has 0 amide bonds. The zero-order valence-electron chi connectivity index (χ0n) is 6.09. The Hall–Kier alpha value is -0.600. The van der Waals surface area contributed by atoms with Gasteiger partial charge in [0, 0.05) is 5.56 Å². The Kier molecular flexibility index (Phi) is 2.03. The molecule has 0 aromatic heterocycles. The summed E-state index contributed by atoms with van der Waals surface area (Å²) in [6.07, 6.45) is 0. The molecule has 1 aromatic rings. The van der Waals surface area contributed by atoms with E-state index >= 15 is 0 Å². The van der Waals surface area contributed by atoms with E-state index in [9.17, 15) is 0 Å². The van der Waals surface area contributed by atoms with Gasteiger partial charge in [0.25, 0.3) is 0 Å². The molecular formula is C8H6Cl2O2. The summed E-state index contributed by atoms with van der Waals surface area (Å²) < 4.78 is 10.3. The zero-order chi connectivity index (χ0) is 8.55. The van der Waals surface area contributed by atoms with Crippen LogP contribution in [-0.2, 0) is 0 Å². The fourth-order valence-electron chi connectivity index (χ4n) is 1.12. The van der Waals surface area contributed by atoms with E-state index in [0.29, 0.717) is 11.5 Å². The minimum atomic E-state index is -0.568. The molecule has 4 heteroatoms. The third kappa shape index (κ3) is 1.21. The summed E-state index contributed by atoms with van der Waals surface area (Å²) in [5.41, 5.74) is 0.758. The Balaban J connectivity index is 2.49. The predicted octanol–water partition coefficient (Wildman–Crippen LogP) is 2.89. The van der Waals surface area contributed by atoms with Crippen molar-refractivity contribution in [2.75, 3.05) is 6.79 Å². The molecule has 64 valence electrons. The first-order valence-corrected chi connectivity index (χ1v) is 4.33. The van der Waals surface area contributed by atoms with E-state index in [0.717, 1.165) is 5.56 Å². The summed E-state index contributed by atoms with van der Waals surface area (Å²) in [6.45, 7) is 0.243. The third-order valence-corrected chi connectivity index (χ3v) is 2.13. The molecule has 1 heterocycles. The van der Waals surface area contributed by atoms with Gasteiger partial charge in [-0.1, -0.05) is 35.3 Å². The van der Waals surface area contributed by atoms with Gasteiger partial charge in [-0.3, -0.25) is 0 Å². The average Bonchev–Trinajstić information content (AvgIpc) is 2.49. The highest BCUT2D eigenvalue weighted by molar-refractivity contribution is 6.44. The molecule has 12 heavy (non-hydrogen) atoms. The van der Waals surface area contributed by atoms with Crippen LogP contribution in [0.1, 0.15) is 10.4 Å². The van der Waals surface area contributed by atoms with Gasteiger partial charge in [0.2, 0.25) is 6.79 Å². The highest BCUT2D eigenvalue weighted by Gasteiger charge is 2.20. The number of ether oxygens (including phenoxy) is 2. The van der Waals surface area contributed by atoms with Gasteiger partial charge >= 0.3 is 0 Å². The van der Waals surface area contributed by atoms with Gasteiger partial charge in [-0.15, -0.1) is 0 Å². The van der Waals surface area contributed by atoms with Crippen molar-refractivity contribution in [2.24, 2.45) is 0 Å². The van der Waals surface area contributed by atoms with Gasteiger partial charge in [0.1, 0.15) is 4.84 Å². The van der Waals surface area contributed by atoms with Crippen LogP contribution < -0.4 is 9.47 Å². The van der Waals surface area contributed by atoms with E-state index in [1.165, 1.54) is 0 Å². The Morgan fingerprint density at radius 1 is 1.25 bits per heavy atom. The molecule has 0 fully saturated rings. The molecule has 1 aromatic carbocycles. The largest absolute Gasteiger partial charge is 0.454 e. The summed E-state index contributed by atoms with van der Waals surface area (Å²) in [5.74, 6) is 1.37. The zero-order valence-corrected chi connectivity index (χ0v) is 7.60. The average molecular weight is 205 g/mol. The van der Waals surface area contributed by atoms with E-state index in [1.54, 1.807) is 0 Å². The monoisotopic (exact) mass is 204 g/mol. The standard InChI is InChI=1S/C8H6Cl2O2/c9-8(10)5-2-1-3-6-7(5)12-4-11-6/h1-3,8H,4H2.